The van der Waals surface area contributed by atoms with Gasteiger partial charge in [0, 0.05) is 5.56 Å². The Kier molecular flexibility index (Phi) is 5.23. The van der Waals surface area contributed by atoms with Gasteiger partial charge in [-0.25, -0.2) is 20.7 Å². The summed E-state index contributed by atoms with van der Waals surface area (Å²) in [6.07, 6.45) is -9.27. The molecule has 1 atom stereocenters. The van der Waals surface area contributed by atoms with E-state index in [1.807, 2.05) is 0 Å². The molecule has 0 saturated carbocycles. The molecule has 180 valence electrons. The fraction of sp³-hybridized carbons (Fsp3) is 0.250. The molecule has 8 nitrogen and oxygen atoms in total. The lowest BCUT2D eigenvalue weighted by Gasteiger charge is -2.32. The number of urea groups is 1. The zero-order valence-electron chi connectivity index (χ0n) is 16.8. The first-order chi connectivity index (χ1) is 15.7. The molecule has 2 aromatic carbocycles. The summed E-state index contributed by atoms with van der Waals surface area (Å²) in [7, 11) is 0. The summed E-state index contributed by atoms with van der Waals surface area (Å²) in [6.45, 7) is -1.17. The first-order valence-electron chi connectivity index (χ1n) is 9.44. The molecule has 34 heavy (non-hydrogen) atoms. The minimum atomic E-state index is -4.67. The van der Waals surface area contributed by atoms with Crippen LogP contribution in [0.5, 0.6) is 5.75 Å². The van der Waals surface area contributed by atoms with E-state index < -0.39 is 54.0 Å². The minimum absolute atomic E-state index is 0.0462. The number of carboxylic acids is 1. The Labute approximate surface area is 186 Å². The first kappa shape index (κ1) is 23.4. The lowest BCUT2D eigenvalue weighted by atomic mass is 9.79. The molecular weight excluding hydrogens is 474 g/mol. The molecule has 4 rings (SSSR count). The highest BCUT2D eigenvalue weighted by atomic mass is 19.4. The Morgan fingerprint density at radius 3 is 2.18 bits per heavy atom. The van der Waals surface area contributed by atoms with Crippen molar-refractivity contribution in [3.05, 3.63) is 59.2 Å². The number of ether oxygens (including phenoxy) is 1. The normalized spacial score (nSPS) is 19.6. The van der Waals surface area contributed by atoms with Gasteiger partial charge in [0.15, 0.2) is 5.41 Å². The van der Waals surface area contributed by atoms with Crippen LogP contribution in [0.4, 0.5) is 36.8 Å². The van der Waals surface area contributed by atoms with Crippen molar-refractivity contribution in [1.82, 2.24) is 5.01 Å². The van der Waals surface area contributed by atoms with Crippen LogP contribution in [0, 0.1) is 5.41 Å². The van der Waals surface area contributed by atoms with E-state index in [-0.39, 0.29) is 22.7 Å². The Morgan fingerprint density at radius 1 is 1.03 bits per heavy atom. The van der Waals surface area contributed by atoms with E-state index in [4.69, 9.17) is 10.6 Å². The number of fused-ring (bicyclic) bond motifs is 3. The van der Waals surface area contributed by atoms with E-state index in [1.54, 1.807) is 0 Å². The number of rotatable bonds is 2. The number of alkyl halides is 6. The second-order valence-electron chi connectivity index (χ2n) is 7.59. The number of hydrazone groups is 1. The van der Waals surface area contributed by atoms with Crippen LogP contribution in [-0.4, -0.2) is 41.0 Å². The first-order valence-corrected chi connectivity index (χ1v) is 9.44. The highest BCUT2D eigenvalue weighted by Crippen LogP contribution is 2.43. The fourth-order valence-electron chi connectivity index (χ4n) is 3.61. The summed E-state index contributed by atoms with van der Waals surface area (Å²) in [4.78, 5) is 25.0. The van der Waals surface area contributed by atoms with Gasteiger partial charge >= 0.3 is 24.4 Å². The maximum absolute atomic E-state index is 13.0. The number of amides is 2. The maximum Gasteiger partial charge on any atom is 0.416 e. The number of nitrogens with zero attached hydrogens (tertiary/aromatic N) is 3. The van der Waals surface area contributed by atoms with E-state index in [0.717, 1.165) is 24.3 Å². The monoisotopic (exact) mass is 488 g/mol. The Morgan fingerprint density at radius 2 is 1.62 bits per heavy atom. The number of hydrogen-bond donors (Lipinski definition) is 2. The third-order valence-corrected chi connectivity index (χ3v) is 5.44. The van der Waals surface area contributed by atoms with Crippen LogP contribution < -0.4 is 15.6 Å². The molecule has 2 aliphatic rings. The van der Waals surface area contributed by atoms with Crippen LogP contribution in [0.25, 0.3) is 0 Å². The molecule has 0 bridgehead atoms. The van der Waals surface area contributed by atoms with E-state index in [0.29, 0.717) is 28.2 Å². The molecule has 1 unspecified atom stereocenters. The van der Waals surface area contributed by atoms with Crippen LogP contribution in [0.2, 0.25) is 0 Å². The molecule has 2 aliphatic heterocycles. The molecule has 0 spiro atoms. The quantitative estimate of drug-likeness (QED) is 0.290. The lowest BCUT2D eigenvalue weighted by Crippen LogP contribution is -2.51. The molecule has 0 fully saturated rings. The SMILES string of the molecule is NN(C(=O)N1CC2(C(=O)O)COc3cc(C(F)(F)F)ccc3C2=N1)c1ccc(C(F)(F)F)cc1. The molecular formula is C20H14F6N4O4. The highest BCUT2D eigenvalue weighted by molar-refractivity contribution is 6.19. The van der Waals surface area contributed by atoms with Gasteiger partial charge in [-0.1, -0.05) is 0 Å². The smallest absolute Gasteiger partial charge is 0.416 e. The Balaban J connectivity index is 1.67. The number of carbonyl (C=O) groups excluding carboxylic acids is 1. The molecule has 2 amide bonds. The van der Waals surface area contributed by atoms with Gasteiger partial charge in [0.25, 0.3) is 0 Å². The molecule has 0 saturated heterocycles. The number of benzene rings is 2. The number of aliphatic carboxylic acids is 1. The topological polar surface area (TPSA) is 108 Å². The van der Waals surface area contributed by atoms with Crippen molar-refractivity contribution in [3.8, 4) is 5.75 Å². The number of carboxylic acid groups (broad SMARTS) is 1. The van der Waals surface area contributed by atoms with Gasteiger partial charge in [0.05, 0.1) is 29.1 Å². The number of anilines is 1. The lowest BCUT2D eigenvalue weighted by molar-refractivity contribution is -0.146. The van der Waals surface area contributed by atoms with Gasteiger partial charge in [0.1, 0.15) is 12.4 Å². The zero-order valence-corrected chi connectivity index (χ0v) is 16.8. The van der Waals surface area contributed by atoms with E-state index in [1.165, 1.54) is 0 Å². The summed E-state index contributed by atoms with van der Waals surface area (Å²) in [5, 5.41) is 15.0. The largest absolute Gasteiger partial charge is 0.491 e. The van der Waals surface area contributed by atoms with Crippen molar-refractivity contribution in [2.75, 3.05) is 18.2 Å². The second-order valence-corrected chi connectivity index (χ2v) is 7.59. The number of hydrogen-bond acceptors (Lipinski definition) is 5. The molecule has 0 aliphatic carbocycles. The minimum Gasteiger partial charge on any atom is -0.491 e. The molecule has 14 heteroatoms. The second kappa shape index (κ2) is 7.62. The predicted molar refractivity (Wildman–Crippen MR) is 104 cm³/mol. The van der Waals surface area contributed by atoms with E-state index in [9.17, 15) is 41.0 Å². The number of nitrogens with two attached hydrogens (primary N) is 1. The third kappa shape index (κ3) is 3.79. The predicted octanol–water partition coefficient (Wildman–Crippen LogP) is 3.71. The van der Waals surface area contributed by atoms with Gasteiger partial charge in [-0.3, -0.25) is 4.79 Å². The van der Waals surface area contributed by atoms with Gasteiger partial charge in [-0.15, -0.1) is 0 Å². The van der Waals surface area contributed by atoms with Crippen LogP contribution in [-0.2, 0) is 17.1 Å². The Bertz CT molecular complexity index is 1200. The molecule has 3 N–H and O–H groups in total. The molecule has 2 aromatic rings. The Hall–Kier alpha value is -3.81. The molecule has 2 heterocycles. The van der Waals surface area contributed by atoms with Crippen molar-refractivity contribution >= 4 is 23.4 Å². The van der Waals surface area contributed by atoms with E-state index >= 15 is 0 Å². The van der Waals surface area contributed by atoms with Crippen LogP contribution in [0.3, 0.4) is 0 Å². The van der Waals surface area contributed by atoms with Crippen LogP contribution in [0.1, 0.15) is 16.7 Å². The van der Waals surface area contributed by atoms with Crippen molar-refractivity contribution in [3.63, 3.8) is 0 Å². The molecule has 0 radical (unpaired) electrons. The zero-order chi connectivity index (χ0) is 25.1. The third-order valence-electron chi connectivity index (χ3n) is 5.44. The van der Waals surface area contributed by atoms with Crippen molar-refractivity contribution < 1.29 is 45.8 Å². The van der Waals surface area contributed by atoms with Gasteiger partial charge in [0.2, 0.25) is 0 Å². The van der Waals surface area contributed by atoms with Gasteiger partial charge < -0.3 is 9.84 Å². The number of halogens is 6. The highest BCUT2D eigenvalue weighted by Gasteiger charge is 2.55. The summed E-state index contributed by atoms with van der Waals surface area (Å²) in [5.41, 5.74) is -4.26. The maximum atomic E-state index is 13.0. The summed E-state index contributed by atoms with van der Waals surface area (Å²) in [5.74, 6) is 4.04. The molecule has 0 aromatic heterocycles. The summed E-state index contributed by atoms with van der Waals surface area (Å²) >= 11 is 0. The van der Waals surface area contributed by atoms with Crippen LogP contribution >= 0.6 is 0 Å². The van der Waals surface area contributed by atoms with Crippen molar-refractivity contribution in [1.29, 1.82) is 0 Å². The van der Waals surface area contributed by atoms with E-state index in [2.05, 4.69) is 5.10 Å². The van der Waals surface area contributed by atoms with Crippen molar-refractivity contribution in [2.45, 2.75) is 12.4 Å². The summed E-state index contributed by atoms with van der Waals surface area (Å²) < 4.78 is 82.6. The average molecular weight is 488 g/mol. The van der Waals surface area contributed by atoms with Crippen molar-refractivity contribution in [2.24, 2.45) is 16.4 Å². The summed E-state index contributed by atoms with van der Waals surface area (Å²) in [6, 6.07) is 4.66. The fourth-order valence-corrected chi connectivity index (χ4v) is 3.61. The standard InChI is InChI=1S/C20H14F6N4O4/c21-19(22,23)10-1-4-12(5-2-10)30(27)17(33)29-8-18(16(31)32)9-34-14-7-11(20(24,25)26)3-6-13(14)15(18)28-29/h1-7H,8-9,27H2,(H,31,32). The van der Waals surface area contributed by atoms with Crippen LogP contribution in [0.15, 0.2) is 47.6 Å². The number of carbonyl (C=O) groups is 2. The van der Waals surface area contributed by atoms with Gasteiger partial charge in [-0.2, -0.15) is 31.4 Å². The average Bonchev–Trinajstić information content (AvgIpc) is 3.18. The number of hydrazine groups is 1. The van der Waals surface area contributed by atoms with Gasteiger partial charge in [-0.05, 0) is 42.5 Å².